The van der Waals surface area contributed by atoms with Crippen LogP contribution in [0.1, 0.15) is 55.2 Å². The zero-order valence-electron chi connectivity index (χ0n) is 12.1. The molecule has 1 heterocycles. The molecule has 2 rings (SSSR count). The summed E-state index contributed by atoms with van der Waals surface area (Å²) < 4.78 is 0. The topological polar surface area (TPSA) is 75.0 Å². The van der Waals surface area contributed by atoms with E-state index >= 15 is 0 Å². The quantitative estimate of drug-likeness (QED) is 0.880. The van der Waals surface area contributed by atoms with Crippen molar-refractivity contribution in [1.82, 2.24) is 15.1 Å². The predicted octanol–water partition coefficient (Wildman–Crippen LogP) is 2.34. The molecule has 1 aromatic rings. The molecule has 5 nitrogen and oxygen atoms in total. The summed E-state index contributed by atoms with van der Waals surface area (Å²) in [6.07, 6.45) is 5.85. The van der Waals surface area contributed by atoms with Crippen molar-refractivity contribution in [3.63, 3.8) is 0 Å². The van der Waals surface area contributed by atoms with Crippen molar-refractivity contribution in [3.05, 3.63) is 11.4 Å². The third kappa shape index (κ3) is 2.74. The maximum Gasteiger partial charge on any atom is 0.276 e. The molecule has 1 aromatic heterocycles. The summed E-state index contributed by atoms with van der Waals surface area (Å²) >= 11 is 0. The minimum Gasteiger partial charge on any atom is -0.395 e. The first kappa shape index (κ1) is 13.9. The minimum absolute atomic E-state index is 0.0678. The van der Waals surface area contributed by atoms with Crippen LogP contribution in [-0.4, -0.2) is 34.1 Å². The van der Waals surface area contributed by atoms with Crippen molar-refractivity contribution >= 4 is 11.6 Å². The second kappa shape index (κ2) is 5.63. The Hall–Kier alpha value is -1.52. The molecule has 0 radical (unpaired) electrons. The van der Waals surface area contributed by atoms with Crippen LogP contribution in [0.15, 0.2) is 0 Å². The van der Waals surface area contributed by atoms with E-state index in [-0.39, 0.29) is 5.91 Å². The van der Waals surface area contributed by atoms with Gasteiger partial charge >= 0.3 is 0 Å². The van der Waals surface area contributed by atoms with E-state index in [1.165, 1.54) is 19.3 Å². The van der Waals surface area contributed by atoms with Gasteiger partial charge in [0.2, 0.25) is 0 Å². The van der Waals surface area contributed by atoms with Crippen LogP contribution in [0.25, 0.3) is 0 Å². The fourth-order valence-electron chi connectivity index (χ4n) is 2.87. The monoisotopic (exact) mass is 264 g/mol. The number of rotatable bonds is 3. The Balaban J connectivity index is 2.02. The lowest BCUT2D eigenvalue weighted by Crippen LogP contribution is -2.39. The molecule has 3 N–H and O–H groups in total. The Morgan fingerprint density at radius 2 is 2.05 bits per heavy atom. The van der Waals surface area contributed by atoms with Crippen LogP contribution in [0.5, 0.6) is 0 Å². The van der Waals surface area contributed by atoms with Gasteiger partial charge in [-0.15, -0.1) is 0 Å². The summed E-state index contributed by atoms with van der Waals surface area (Å²) in [6, 6.07) is 0.326. The summed E-state index contributed by atoms with van der Waals surface area (Å²) in [7, 11) is 1.86. The zero-order chi connectivity index (χ0) is 14.0. The molecule has 0 atom stereocenters. The van der Waals surface area contributed by atoms with Crippen molar-refractivity contribution < 1.29 is 4.79 Å². The van der Waals surface area contributed by atoms with Crippen molar-refractivity contribution in [2.75, 3.05) is 12.8 Å². The summed E-state index contributed by atoms with van der Waals surface area (Å²) in [5.74, 6) is 0.763. The number of carbonyl (C=O) groups excluding carboxylic acids is 1. The van der Waals surface area contributed by atoms with Gasteiger partial charge in [0.15, 0.2) is 5.69 Å². The van der Waals surface area contributed by atoms with Gasteiger partial charge in [-0.3, -0.25) is 9.89 Å². The first-order valence-corrected chi connectivity index (χ1v) is 7.12. The average Bonchev–Trinajstić information content (AvgIpc) is 2.77. The predicted molar refractivity (Wildman–Crippen MR) is 75.9 cm³/mol. The molecule has 0 aliphatic heterocycles. The van der Waals surface area contributed by atoms with Crippen LogP contribution in [-0.2, 0) is 0 Å². The Morgan fingerprint density at radius 3 is 2.53 bits per heavy atom. The van der Waals surface area contributed by atoms with E-state index in [0.717, 1.165) is 24.5 Å². The fraction of sp³-hybridized carbons (Fsp3) is 0.714. The normalized spacial score (nSPS) is 23.3. The third-order valence-electron chi connectivity index (χ3n) is 4.46. The molecule has 1 aliphatic rings. The smallest absolute Gasteiger partial charge is 0.276 e. The SMILES string of the molecule is CCC1CCC(N(C)C(=O)c2n[nH]c(C)c2N)CC1. The average molecular weight is 264 g/mol. The van der Waals surface area contributed by atoms with Gasteiger partial charge in [-0.1, -0.05) is 13.3 Å². The molecule has 0 unspecified atom stereocenters. The highest BCUT2D eigenvalue weighted by molar-refractivity contribution is 5.97. The van der Waals surface area contributed by atoms with E-state index < -0.39 is 0 Å². The number of hydrogen-bond acceptors (Lipinski definition) is 3. The van der Waals surface area contributed by atoms with Crippen LogP contribution in [0.3, 0.4) is 0 Å². The van der Waals surface area contributed by atoms with E-state index in [9.17, 15) is 4.79 Å². The number of aromatic nitrogens is 2. The maximum absolute atomic E-state index is 12.4. The van der Waals surface area contributed by atoms with Gasteiger partial charge in [0.1, 0.15) is 0 Å². The second-order valence-corrected chi connectivity index (χ2v) is 5.61. The first-order chi connectivity index (χ1) is 9.04. The largest absolute Gasteiger partial charge is 0.395 e. The molecule has 19 heavy (non-hydrogen) atoms. The molecule has 1 fully saturated rings. The van der Waals surface area contributed by atoms with E-state index in [1.807, 2.05) is 18.9 Å². The number of aryl methyl sites for hydroxylation is 1. The van der Waals surface area contributed by atoms with Crippen LogP contribution in [0, 0.1) is 12.8 Å². The van der Waals surface area contributed by atoms with Crippen LogP contribution < -0.4 is 5.73 Å². The highest BCUT2D eigenvalue weighted by Crippen LogP contribution is 2.29. The zero-order valence-corrected chi connectivity index (χ0v) is 12.1. The number of carbonyl (C=O) groups is 1. The number of hydrogen-bond donors (Lipinski definition) is 2. The molecule has 0 aromatic carbocycles. The van der Waals surface area contributed by atoms with Crippen LogP contribution >= 0.6 is 0 Å². The van der Waals surface area contributed by atoms with Crippen molar-refractivity contribution in [3.8, 4) is 0 Å². The number of H-pyrrole nitrogens is 1. The lowest BCUT2D eigenvalue weighted by Gasteiger charge is -2.34. The highest BCUT2D eigenvalue weighted by Gasteiger charge is 2.28. The molecule has 1 aliphatic carbocycles. The van der Waals surface area contributed by atoms with Gasteiger partial charge in [-0.2, -0.15) is 5.10 Å². The van der Waals surface area contributed by atoms with E-state index in [4.69, 9.17) is 5.73 Å². The number of nitrogen functional groups attached to an aromatic ring is 1. The number of anilines is 1. The summed E-state index contributed by atoms with van der Waals surface area (Å²) in [6.45, 7) is 4.07. The number of nitrogens with one attached hydrogen (secondary N) is 1. The van der Waals surface area contributed by atoms with Gasteiger partial charge in [0, 0.05) is 13.1 Å². The Kier molecular flexibility index (Phi) is 4.12. The fourth-order valence-corrected chi connectivity index (χ4v) is 2.87. The van der Waals surface area contributed by atoms with Crippen LogP contribution in [0.2, 0.25) is 0 Å². The third-order valence-corrected chi connectivity index (χ3v) is 4.46. The molecule has 0 spiro atoms. The lowest BCUT2D eigenvalue weighted by molar-refractivity contribution is 0.0670. The summed E-state index contributed by atoms with van der Waals surface area (Å²) in [5, 5.41) is 6.79. The van der Waals surface area contributed by atoms with Crippen LogP contribution in [0.4, 0.5) is 5.69 Å². The molecule has 1 saturated carbocycles. The van der Waals surface area contributed by atoms with E-state index in [2.05, 4.69) is 17.1 Å². The summed E-state index contributed by atoms with van der Waals surface area (Å²) in [5.41, 5.74) is 7.46. The molecular weight excluding hydrogens is 240 g/mol. The van der Waals surface area contributed by atoms with E-state index in [0.29, 0.717) is 17.4 Å². The van der Waals surface area contributed by atoms with Gasteiger partial charge in [0.05, 0.1) is 11.4 Å². The first-order valence-electron chi connectivity index (χ1n) is 7.12. The molecule has 106 valence electrons. The number of nitrogens with two attached hydrogens (primary N) is 1. The molecule has 1 amide bonds. The van der Waals surface area contributed by atoms with Gasteiger partial charge in [0.25, 0.3) is 5.91 Å². The van der Waals surface area contributed by atoms with Crippen molar-refractivity contribution in [2.24, 2.45) is 5.92 Å². The van der Waals surface area contributed by atoms with E-state index in [1.54, 1.807) is 0 Å². The Labute approximate surface area is 114 Å². The second-order valence-electron chi connectivity index (χ2n) is 5.61. The van der Waals surface area contributed by atoms with Crippen molar-refractivity contribution in [2.45, 2.75) is 52.0 Å². The lowest BCUT2D eigenvalue weighted by atomic mass is 9.84. The molecule has 0 saturated heterocycles. The van der Waals surface area contributed by atoms with Gasteiger partial charge in [-0.25, -0.2) is 0 Å². The molecule has 0 bridgehead atoms. The summed E-state index contributed by atoms with van der Waals surface area (Å²) in [4.78, 5) is 14.2. The number of nitrogens with zero attached hydrogens (tertiary/aromatic N) is 2. The molecular formula is C14H24N4O. The number of aromatic amines is 1. The number of amides is 1. The van der Waals surface area contributed by atoms with Crippen molar-refractivity contribution in [1.29, 1.82) is 0 Å². The van der Waals surface area contributed by atoms with Gasteiger partial charge < -0.3 is 10.6 Å². The van der Waals surface area contributed by atoms with Gasteiger partial charge in [-0.05, 0) is 38.5 Å². The maximum atomic E-state index is 12.4. The standard InChI is InChI=1S/C14H24N4O/c1-4-10-5-7-11(8-6-10)18(3)14(19)13-12(15)9(2)16-17-13/h10-11H,4-8,15H2,1-3H3,(H,16,17). The Bertz CT molecular complexity index is 446. The molecule has 5 heteroatoms. The minimum atomic E-state index is -0.0678. The highest BCUT2D eigenvalue weighted by atomic mass is 16.2. The Morgan fingerprint density at radius 1 is 1.42 bits per heavy atom.